The molecule has 0 unspecified atom stereocenters. The highest BCUT2D eigenvalue weighted by Crippen LogP contribution is 2.31. The predicted molar refractivity (Wildman–Crippen MR) is 86.9 cm³/mol. The van der Waals surface area contributed by atoms with E-state index in [1.165, 1.54) is 18.2 Å². The van der Waals surface area contributed by atoms with Crippen molar-refractivity contribution in [3.63, 3.8) is 0 Å². The molecule has 120 valence electrons. The summed E-state index contributed by atoms with van der Waals surface area (Å²) in [5, 5.41) is 0. The van der Waals surface area contributed by atoms with Gasteiger partial charge >= 0.3 is 0 Å². The number of hydrogen-bond donors (Lipinski definition) is 1. The molecule has 2 N–H and O–H groups in total. The molecule has 5 nitrogen and oxygen atoms in total. The van der Waals surface area contributed by atoms with Crippen molar-refractivity contribution in [2.24, 2.45) is 5.73 Å². The van der Waals surface area contributed by atoms with E-state index in [1.807, 2.05) is 0 Å². The fourth-order valence-corrected chi connectivity index (χ4v) is 2.87. The molecular formula is C16H15BrFN3O2. The summed E-state index contributed by atoms with van der Waals surface area (Å²) in [5.41, 5.74) is 6.21. The van der Waals surface area contributed by atoms with E-state index in [1.54, 1.807) is 23.2 Å². The van der Waals surface area contributed by atoms with Gasteiger partial charge in [0.25, 0.3) is 5.91 Å². The van der Waals surface area contributed by atoms with Crippen LogP contribution < -0.4 is 10.5 Å². The van der Waals surface area contributed by atoms with E-state index in [2.05, 4.69) is 20.9 Å². The molecular weight excluding hydrogens is 365 g/mol. The molecule has 1 aromatic heterocycles. The average molecular weight is 380 g/mol. The van der Waals surface area contributed by atoms with E-state index in [9.17, 15) is 9.18 Å². The number of amides is 1. The Morgan fingerprint density at radius 1 is 1.43 bits per heavy atom. The second kappa shape index (κ2) is 6.64. The van der Waals surface area contributed by atoms with E-state index in [0.29, 0.717) is 28.9 Å². The molecule has 7 heteroatoms. The molecule has 1 atom stereocenters. The Balaban J connectivity index is 1.87. The van der Waals surface area contributed by atoms with E-state index >= 15 is 0 Å². The third-order valence-electron chi connectivity index (χ3n) is 3.61. The Hall–Kier alpha value is -1.99. The molecule has 2 aromatic rings. The van der Waals surface area contributed by atoms with Gasteiger partial charge in [-0.1, -0.05) is 0 Å². The van der Waals surface area contributed by atoms with Gasteiger partial charge in [0.1, 0.15) is 17.1 Å². The second-order valence-electron chi connectivity index (χ2n) is 5.33. The van der Waals surface area contributed by atoms with Gasteiger partial charge in [0, 0.05) is 25.3 Å². The second-order valence-corrected chi connectivity index (χ2v) is 6.19. The summed E-state index contributed by atoms with van der Waals surface area (Å²) in [6, 6.07) is 7.39. The molecule has 0 radical (unpaired) electrons. The highest BCUT2D eigenvalue weighted by atomic mass is 79.9. The SMILES string of the molecule is N[C@H]1CCN(C(=O)c2cccnc2Oc2ccc(F)cc2Br)C1. The van der Waals surface area contributed by atoms with Crippen molar-refractivity contribution in [3.8, 4) is 11.6 Å². The summed E-state index contributed by atoms with van der Waals surface area (Å²) in [4.78, 5) is 18.4. The number of ether oxygens (including phenoxy) is 1. The number of nitrogens with zero attached hydrogens (tertiary/aromatic N) is 2. The molecule has 0 aliphatic carbocycles. The number of likely N-dealkylation sites (tertiary alicyclic amines) is 1. The average Bonchev–Trinajstić information content (AvgIpc) is 2.96. The summed E-state index contributed by atoms with van der Waals surface area (Å²) in [6.07, 6.45) is 2.32. The zero-order valence-electron chi connectivity index (χ0n) is 12.2. The topological polar surface area (TPSA) is 68.5 Å². The molecule has 0 spiro atoms. The first-order valence-corrected chi connectivity index (χ1v) is 7.96. The minimum absolute atomic E-state index is 0.00577. The molecule has 1 fully saturated rings. The van der Waals surface area contributed by atoms with Crippen molar-refractivity contribution >= 4 is 21.8 Å². The molecule has 1 saturated heterocycles. The van der Waals surface area contributed by atoms with Gasteiger partial charge in [-0.15, -0.1) is 0 Å². The number of benzene rings is 1. The molecule has 0 bridgehead atoms. The number of hydrogen-bond acceptors (Lipinski definition) is 4. The molecule has 1 aliphatic rings. The highest BCUT2D eigenvalue weighted by Gasteiger charge is 2.27. The first-order chi connectivity index (χ1) is 11.0. The number of pyridine rings is 1. The molecule has 1 aliphatic heterocycles. The third-order valence-corrected chi connectivity index (χ3v) is 4.23. The van der Waals surface area contributed by atoms with Crippen LogP contribution in [-0.2, 0) is 0 Å². The zero-order valence-corrected chi connectivity index (χ0v) is 13.8. The predicted octanol–water partition coefficient (Wildman–Crippen LogP) is 2.95. The van der Waals surface area contributed by atoms with Crippen LogP contribution in [0.4, 0.5) is 4.39 Å². The van der Waals surface area contributed by atoms with Crippen LogP contribution in [0.2, 0.25) is 0 Å². The number of nitrogens with two attached hydrogens (primary N) is 1. The first kappa shape index (κ1) is 15.9. The molecule has 3 rings (SSSR count). The van der Waals surface area contributed by atoms with Crippen LogP contribution >= 0.6 is 15.9 Å². The molecule has 0 saturated carbocycles. The van der Waals surface area contributed by atoms with Crippen LogP contribution in [0.1, 0.15) is 16.8 Å². The van der Waals surface area contributed by atoms with Gasteiger partial charge in [-0.2, -0.15) is 0 Å². The molecule has 1 aromatic carbocycles. The lowest BCUT2D eigenvalue weighted by Crippen LogP contribution is -2.32. The van der Waals surface area contributed by atoms with Gasteiger partial charge in [0.2, 0.25) is 5.88 Å². The summed E-state index contributed by atoms with van der Waals surface area (Å²) >= 11 is 3.24. The lowest BCUT2D eigenvalue weighted by atomic mass is 10.2. The monoisotopic (exact) mass is 379 g/mol. The van der Waals surface area contributed by atoms with Gasteiger partial charge < -0.3 is 15.4 Å². The van der Waals surface area contributed by atoms with Crippen LogP contribution in [0.3, 0.4) is 0 Å². The maximum Gasteiger partial charge on any atom is 0.259 e. The van der Waals surface area contributed by atoms with Gasteiger partial charge in [0.05, 0.1) is 4.47 Å². The van der Waals surface area contributed by atoms with Crippen LogP contribution in [0.5, 0.6) is 11.6 Å². The van der Waals surface area contributed by atoms with Crippen LogP contribution in [0.15, 0.2) is 41.0 Å². The summed E-state index contributed by atoms with van der Waals surface area (Å²) in [5.74, 6) is 0.0226. The minimum atomic E-state index is -0.382. The van der Waals surface area contributed by atoms with Gasteiger partial charge in [-0.05, 0) is 52.7 Å². The van der Waals surface area contributed by atoms with E-state index in [0.717, 1.165) is 6.42 Å². The van der Waals surface area contributed by atoms with Crippen LogP contribution in [-0.4, -0.2) is 34.9 Å². The number of rotatable bonds is 3. The lowest BCUT2D eigenvalue weighted by Gasteiger charge is -2.17. The Morgan fingerprint density at radius 2 is 2.26 bits per heavy atom. The minimum Gasteiger partial charge on any atom is -0.437 e. The van der Waals surface area contributed by atoms with Crippen molar-refractivity contribution in [3.05, 3.63) is 52.4 Å². The van der Waals surface area contributed by atoms with Crippen molar-refractivity contribution in [1.82, 2.24) is 9.88 Å². The third kappa shape index (κ3) is 3.51. The quantitative estimate of drug-likeness (QED) is 0.889. The highest BCUT2D eigenvalue weighted by molar-refractivity contribution is 9.10. The number of halogens is 2. The van der Waals surface area contributed by atoms with Gasteiger partial charge in [0.15, 0.2) is 0 Å². The van der Waals surface area contributed by atoms with Gasteiger partial charge in [-0.25, -0.2) is 9.37 Å². The van der Waals surface area contributed by atoms with Crippen molar-refractivity contribution in [2.45, 2.75) is 12.5 Å². The van der Waals surface area contributed by atoms with Crippen molar-refractivity contribution in [2.75, 3.05) is 13.1 Å². The van der Waals surface area contributed by atoms with Gasteiger partial charge in [-0.3, -0.25) is 4.79 Å². The smallest absolute Gasteiger partial charge is 0.259 e. The number of carbonyl (C=O) groups is 1. The summed E-state index contributed by atoms with van der Waals surface area (Å²) < 4.78 is 19.3. The Morgan fingerprint density at radius 3 is 2.96 bits per heavy atom. The van der Waals surface area contributed by atoms with Crippen LogP contribution in [0, 0.1) is 5.82 Å². The maximum atomic E-state index is 13.2. The van der Waals surface area contributed by atoms with Crippen LogP contribution in [0.25, 0.3) is 0 Å². The standard InChI is InChI=1S/C16H15BrFN3O2/c17-13-8-10(18)3-4-14(13)23-15-12(2-1-6-20-15)16(22)21-7-5-11(19)9-21/h1-4,6,8,11H,5,7,9,19H2/t11-/m0/s1. The maximum absolute atomic E-state index is 13.2. The van der Waals surface area contributed by atoms with Crippen molar-refractivity contribution in [1.29, 1.82) is 0 Å². The molecule has 1 amide bonds. The first-order valence-electron chi connectivity index (χ1n) is 7.17. The fraction of sp³-hybridized carbons (Fsp3) is 0.250. The van der Waals surface area contributed by atoms with E-state index in [-0.39, 0.29) is 23.6 Å². The van der Waals surface area contributed by atoms with E-state index < -0.39 is 0 Å². The Kier molecular flexibility index (Phi) is 4.58. The number of carbonyl (C=O) groups excluding carboxylic acids is 1. The largest absolute Gasteiger partial charge is 0.437 e. The fourth-order valence-electron chi connectivity index (χ4n) is 2.44. The lowest BCUT2D eigenvalue weighted by molar-refractivity contribution is 0.0787. The summed E-state index contributed by atoms with van der Waals surface area (Å²) in [7, 11) is 0. The van der Waals surface area contributed by atoms with E-state index in [4.69, 9.17) is 10.5 Å². The summed E-state index contributed by atoms with van der Waals surface area (Å²) in [6.45, 7) is 1.14. The normalized spacial score (nSPS) is 17.3. The van der Waals surface area contributed by atoms with Crippen molar-refractivity contribution < 1.29 is 13.9 Å². The Bertz CT molecular complexity index is 741. The molecule has 23 heavy (non-hydrogen) atoms. The zero-order chi connectivity index (χ0) is 16.4. The number of aromatic nitrogens is 1. The molecule has 2 heterocycles. The Labute approximate surface area is 141 Å².